The minimum atomic E-state index is -0.771. The lowest BCUT2D eigenvalue weighted by Crippen LogP contribution is -2.37. The molecule has 4 unspecified atom stereocenters. The Balaban J connectivity index is 1.41. The van der Waals surface area contributed by atoms with Gasteiger partial charge in [-0.25, -0.2) is 0 Å². The molecule has 8 nitrogen and oxygen atoms in total. The van der Waals surface area contributed by atoms with Crippen LogP contribution in [0.2, 0.25) is 0 Å². The normalized spacial score (nSPS) is 21.3. The summed E-state index contributed by atoms with van der Waals surface area (Å²) in [7, 11) is 0. The minimum absolute atomic E-state index is 0.0184. The maximum atomic E-state index is 7.10. The Labute approximate surface area is 384 Å². The monoisotopic (exact) mass is 972 g/mol. The van der Waals surface area contributed by atoms with Crippen LogP contribution in [-0.2, 0) is 10.3 Å². The molecule has 4 heterocycles. The molecule has 1 aliphatic carbocycles. The summed E-state index contributed by atoms with van der Waals surface area (Å²) in [5.41, 5.74) is 8.26. The van der Waals surface area contributed by atoms with E-state index in [0.29, 0.717) is 0 Å². The third-order valence-electron chi connectivity index (χ3n) is 13.9. The second-order valence-electron chi connectivity index (χ2n) is 17.7. The van der Waals surface area contributed by atoms with Gasteiger partial charge >= 0.3 is 0 Å². The lowest BCUT2D eigenvalue weighted by molar-refractivity contribution is -0.114. The number of fused-ring (bicyclic) bond motifs is 2. The van der Waals surface area contributed by atoms with Crippen LogP contribution in [0.5, 0.6) is 40.2 Å². The van der Waals surface area contributed by atoms with Crippen molar-refractivity contribution in [2.75, 3.05) is 27.2 Å². The first-order valence-electron chi connectivity index (χ1n) is 23.5. The van der Waals surface area contributed by atoms with Crippen molar-refractivity contribution in [3.63, 3.8) is 0 Å². The number of hydrogen-bond acceptors (Lipinski definition) is 8. The van der Waals surface area contributed by atoms with Gasteiger partial charge in [-0.3, -0.25) is 0 Å². The fourth-order valence-corrected chi connectivity index (χ4v) is 12.1. The maximum Gasteiger partial charge on any atom is 0.231 e. The number of halogens is 2. The number of hydrogen-bond donors (Lipinski definition) is 0. The maximum absolute atomic E-state index is 7.10. The van der Waals surface area contributed by atoms with E-state index in [-0.39, 0.29) is 44.9 Å². The molecule has 0 aromatic heterocycles. The first-order chi connectivity index (χ1) is 30.4. The van der Waals surface area contributed by atoms with E-state index in [2.05, 4.69) is 102 Å². The smallest absolute Gasteiger partial charge is 0.231 e. The molecule has 4 aliphatic heterocycles. The summed E-state index contributed by atoms with van der Waals surface area (Å²) < 4.78 is 55.1. The van der Waals surface area contributed by atoms with E-state index in [4.69, 9.17) is 37.9 Å². The van der Waals surface area contributed by atoms with Gasteiger partial charge in [-0.15, -0.1) is 0 Å². The largest absolute Gasteiger partial charge is 0.467 e. The molecule has 8 bridgehead atoms. The van der Waals surface area contributed by atoms with E-state index in [1.54, 1.807) is 0 Å². The van der Waals surface area contributed by atoms with Gasteiger partial charge < -0.3 is 37.9 Å². The zero-order valence-electron chi connectivity index (χ0n) is 36.9. The summed E-state index contributed by atoms with van der Waals surface area (Å²) >= 11 is 8.20. The number of unbranched alkanes of at least 4 members (excludes halogenated alkanes) is 8. The van der Waals surface area contributed by atoms with Crippen molar-refractivity contribution in [3.8, 4) is 40.2 Å². The molecule has 5 aliphatic rings. The molecular weight excluding hydrogens is 912 g/mol. The lowest BCUT2D eigenvalue weighted by Gasteiger charge is -2.41. The summed E-state index contributed by atoms with van der Waals surface area (Å²) in [5, 5.41) is 0. The molecule has 4 atom stereocenters. The van der Waals surface area contributed by atoms with Crippen LogP contribution in [0.15, 0.2) is 51.4 Å². The van der Waals surface area contributed by atoms with Crippen molar-refractivity contribution in [1.29, 1.82) is 0 Å². The van der Waals surface area contributed by atoms with Gasteiger partial charge in [0.2, 0.25) is 20.4 Å². The van der Waals surface area contributed by atoms with Crippen LogP contribution < -0.4 is 33.2 Å². The molecular formula is C52H62Br2O8. The zero-order chi connectivity index (χ0) is 42.8. The number of rotatable bonds is 16. The molecule has 332 valence electrons. The van der Waals surface area contributed by atoms with E-state index in [0.717, 1.165) is 196 Å². The van der Waals surface area contributed by atoms with Crippen molar-refractivity contribution < 1.29 is 37.9 Å². The van der Waals surface area contributed by atoms with Crippen LogP contribution >= 0.6 is 31.9 Å². The van der Waals surface area contributed by atoms with Crippen LogP contribution in [0.25, 0.3) is 0 Å². The number of benzene rings is 4. The van der Waals surface area contributed by atoms with Gasteiger partial charge in [0.15, 0.2) is 6.79 Å². The Hall–Kier alpha value is -3.60. The Morgan fingerprint density at radius 3 is 1.44 bits per heavy atom. The van der Waals surface area contributed by atoms with Gasteiger partial charge in [0.1, 0.15) is 54.8 Å². The van der Waals surface area contributed by atoms with E-state index in [1.807, 2.05) is 0 Å². The number of ether oxygens (including phenoxy) is 8. The van der Waals surface area contributed by atoms with E-state index < -0.39 is 5.60 Å². The molecule has 9 rings (SSSR count). The van der Waals surface area contributed by atoms with Gasteiger partial charge in [0.05, 0.1) is 0 Å². The third-order valence-corrected chi connectivity index (χ3v) is 15.4. The van der Waals surface area contributed by atoms with Crippen LogP contribution in [0.4, 0.5) is 0 Å². The topological polar surface area (TPSA) is 73.8 Å². The molecule has 0 saturated carbocycles. The molecule has 10 heteroatoms. The van der Waals surface area contributed by atoms with Gasteiger partial charge in [-0.2, -0.15) is 0 Å². The second-order valence-corrected chi connectivity index (χ2v) is 19.3. The average Bonchev–Trinajstić information content (AvgIpc) is 3.26. The SMILES string of the molecule is CCCCCC1c2cc3ccc2OCOc2c1cc1c(c2Br)OCOc2c(cc4c(c2Br)OCOc2cc5c(cc2C4CCCCC)C3(CCCCC)OCO5)C1CCCCC. The summed E-state index contributed by atoms with van der Waals surface area (Å²) in [6, 6.07) is 16.1. The zero-order valence-corrected chi connectivity index (χ0v) is 40.1. The quantitative estimate of drug-likeness (QED) is 0.103. The Morgan fingerprint density at radius 1 is 0.452 bits per heavy atom. The predicted molar refractivity (Wildman–Crippen MR) is 249 cm³/mol. The van der Waals surface area contributed by atoms with Crippen LogP contribution in [0.1, 0.15) is 193 Å². The highest BCUT2D eigenvalue weighted by Gasteiger charge is 2.44. The fourth-order valence-electron chi connectivity index (χ4n) is 10.7. The molecule has 0 spiro atoms. The van der Waals surface area contributed by atoms with Crippen LogP contribution in [0.3, 0.4) is 0 Å². The highest BCUT2D eigenvalue weighted by molar-refractivity contribution is 9.11. The minimum Gasteiger partial charge on any atom is -0.467 e. The lowest BCUT2D eigenvalue weighted by atomic mass is 9.74. The first-order valence-corrected chi connectivity index (χ1v) is 25.1. The van der Waals surface area contributed by atoms with Gasteiger partial charge in [0.25, 0.3) is 0 Å². The Kier molecular flexibility index (Phi) is 13.5. The Morgan fingerprint density at radius 2 is 0.903 bits per heavy atom. The third kappa shape index (κ3) is 7.97. The summed E-state index contributed by atoms with van der Waals surface area (Å²) in [6.07, 6.45) is 16.7. The highest BCUT2D eigenvalue weighted by atomic mass is 79.9. The molecule has 4 aromatic carbocycles. The predicted octanol–water partition coefficient (Wildman–Crippen LogP) is 15.0. The molecule has 4 aromatic rings. The second kappa shape index (κ2) is 19.2. The molecule has 62 heavy (non-hydrogen) atoms. The average molecular weight is 975 g/mol. The van der Waals surface area contributed by atoms with Crippen molar-refractivity contribution in [2.24, 2.45) is 0 Å². The van der Waals surface area contributed by atoms with Crippen molar-refractivity contribution in [2.45, 2.75) is 154 Å². The highest BCUT2D eigenvalue weighted by Crippen LogP contribution is 2.58. The van der Waals surface area contributed by atoms with E-state index in [1.165, 1.54) is 0 Å². The standard InChI is InChI=1S/C52H62Br2O8/c1-5-9-13-17-33-36-23-32-20-21-43(36)55-28-58-48-38(33)24-40-35(19-15-11-7-3)41-25-39-34(18-14-10-6-2)37-26-42-45(57-31-62-52(32,42)22-16-12-8-4)27-44(37)56-29-59-49(39)47(54)51(41)61-30-60-50(40)46(48)53/h20-21,23-27,33-35H,5-19,22,28-31H2,1-4H3. The fraction of sp³-hybridized carbons (Fsp3) is 0.538. The van der Waals surface area contributed by atoms with Crippen molar-refractivity contribution in [1.82, 2.24) is 0 Å². The first kappa shape index (κ1) is 43.6. The molecule has 0 N–H and O–H groups in total. The van der Waals surface area contributed by atoms with Crippen LogP contribution in [0, 0.1) is 0 Å². The Bertz CT molecular complexity index is 2260. The van der Waals surface area contributed by atoms with Gasteiger partial charge in [-0.05, 0) is 99.9 Å². The van der Waals surface area contributed by atoms with Crippen molar-refractivity contribution in [3.05, 3.63) is 95.9 Å². The van der Waals surface area contributed by atoms with Crippen LogP contribution in [-0.4, -0.2) is 27.2 Å². The van der Waals surface area contributed by atoms with Gasteiger partial charge in [-0.1, -0.05) is 104 Å². The summed E-state index contributed by atoms with van der Waals surface area (Å²) in [4.78, 5) is 0. The summed E-state index contributed by atoms with van der Waals surface area (Å²) in [6.45, 7) is 9.33. The van der Waals surface area contributed by atoms with Crippen molar-refractivity contribution >= 4 is 31.9 Å². The molecule has 0 fully saturated rings. The van der Waals surface area contributed by atoms with E-state index in [9.17, 15) is 0 Å². The van der Waals surface area contributed by atoms with E-state index >= 15 is 0 Å². The molecule has 0 radical (unpaired) electrons. The summed E-state index contributed by atoms with van der Waals surface area (Å²) in [5.74, 6) is 5.37. The molecule has 0 amide bonds. The molecule has 0 saturated heterocycles. The van der Waals surface area contributed by atoms with Gasteiger partial charge in [0, 0.05) is 62.8 Å².